The number of carbonyl (C=O) groups is 1. The summed E-state index contributed by atoms with van der Waals surface area (Å²) < 4.78 is 25.3. The van der Waals surface area contributed by atoms with E-state index < -0.39 is 17.4 Å². The minimum absolute atomic E-state index is 0.0888. The summed E-state index contributed by atoms with van der Waals surface area (Å²) in [6.45, 7) is 0.513. The second-order valence-electron chi connectivity index (χ2n) is 7.67. The smallest absolute Gasteiger partial charge is 0.303 e. The van der Waals surface area contributed by atoms with Crippen LogP contribution in [-0.4, -0.2) is 29.9 Å². The Morgan fingerprint density at radius 3 is 2.62 bits per heavy atom. The fourth-order valence-corrected chi connectivity index (χ4v) is 3.84. The van der Waals surface area contributed by atoms with E-state index in [0.717, 1.165) is 18.4 Å². The number of carboxylic acids is 1. The van der Waals surface area contributed by atoms with Crippen molar-refractivity contribution in [3.8, 4) is 11.5 Å². The summed E-state index contributed by atoms with van der Waals surface area (Å²) >= 11 is 0. The molecule has 29 heavy (non-hydrogen) atoms. The lowest BCUT2D eigenvalue weighted by atomic mass is 9.75. The Balaban J connectivity index is 1.55. The molecule has 1 aliphatic carbocycles. The Morgan fingerprint density at radius 2 is 1.93 bits per heavy atom. The maximum Gasteiger partial charge on any atom is 0.303 e. The molecule has 0 bridgehead atoms. The van der Waals surface area contributed by atoms with E-state index in [2.05, 4.69) is 0 Å². The van der Waals surface area contributed by atoms with Crippen LogP contribution in [0.5, 0.6) is 11.5 Å². The minimum atomic E-state index is -1.19. The predicted octanol–water partition coefficient (Wildman–Crippen LogP) is 4.31. The number of methoxy groups -OCH3 is 1. The number of hydrogen-bond donors (Lipinski definition) is 2. The van der Waals surface area contributed by atoms with Crippen LogP contribution in [0.4, 0.5) is 4.39 Å². The lowest BCUT2D eigenvalue weighted by molar-refractivity contribution is -0.136. The molecule has 3 rings (SSSR count). The number of aliphatic hydroxyl groups is 1. The van der Waals surface area contributed by atoms with Gasteiger partial charge in [-0.3, -0.25) is 4.79 Å². The fraction of sp³-hybridized carbons (Fsp3) is 0.435. The molecule has 0 heterocycles. The van der Waals surface area contributed by atoms with Crippen molar-refractivity contribution in [1.29, 1.82) is 0 Å². The van der Waals surface area contributed by atoms with Gasteiger partial charge in [-0.25, -0.2) is 4.39 Å². The first kappa shape index (κ1) is 21.1. The average Bonchev–Trinajstić information content (AvgIpc) is 2.72. The van der Waals surface area contributed by atoms with Gasteiger partial charge in [0.2, 0.25) is 0 Å². The van der Waals surface area contributed by atoms with Crippen LogP contribution in [0, 0.1) is 11.7 Å². The zero-order valence-electron chi connectivity index (χ0n) is 16.6. The third kappa shape index (κ3) is 5.48. The molecule has 0 atom stereocenters. The zero-order chi connectivity index (χ0) is 20.9. The van der Waals surface area contributed by atoms with E-state index in [-0.39, 0.29) is 12.3 Å². The van der Waals surface area contributed by atoms with E-state index in [9.17, 15) is 14.3 Å². The molecule has 0 spiro atoms. The van der Waals surface area contributed by atoms with E-state index >= 15 is 0 Å². The van der Waals surface area contributed by atoms with E-state index in [1.165, 1.54) is 13.2 Å². The molecule has 5 nitrogen and oxygen atoms in total. The highest BCUT2D eigenvalue weighted by molar-refractivity contribution is 5.67. The molecule has 6 heteroatoms. The van der Waals surface area contributed by atoms with Crippen LogP contribution in [0.3, 0.4) is 0 Å². The van der Waals surface area contributed by atoms with Gasteiger partial charge in [-0.2, -0.15) is 0 Å². The number of halogens is 1. The summed E-state index contributed by atoms with van der Waals surface area (Å²) in [6, 6.07) is 11.9. The normalized spacial score (nSPS) is 21.6. The van der Waals surface area contributed by atoms with Crippen molar-refractivity contribution in [1.82, 2.24) is 0 Å². The zero-order valence-corrected chi connectivity index (χ0v) is 16.6. The molecule has 0 aliphatic heterocycles. The van der Waals surface area contributed by atoms with Gasteiger partial charge in [0.15, 0.2) is 0 Å². The molecule has 0 saturated heterocycles. The van der Waals surface area contributed by atoms with Crippen molar-refractivity contribution in [2.24, 2.45) is 5.92 Å². The molecular weight excluding hydrogens is 375 g/mol. The first-order chi connectivity index (χ1) is 13.9. The van der Waals surface area contributed by atoms with Gasteiger partial charge in [-0.15, -0.1) is 0 Å². The molecule has 156 valence electrons. The van der Waals surface area contributed by atoms with Crippen molar-refractivity contribution in [3.63, 3.8) is 0 Å². The van der Waals surface area contributed by atoms with E-state index in [1.807, 2.05) is 24.3 Å². The highest BCUT2D eigenvalue weighted by Gasteiger charge is 2.37. The standard InChI is InChI=1S/C23H27FO5/c1-28-18-6-7-21(24)20(14-18)23(27)11-9-17(10-12-23)15-29-19-4-2-3-16(13-19)5-8-22(25)26/h2-4,6-7,13-14,17,27H,5,8-12,15H2,1H3,(H,25,26)/t17-,23+. The van der Waals surface area contributed by atoms with Crippen LogP contribution in [0.1, 0.15) is 43.2 Å². The summed E-state index contributed by atoms with van der Waals surface area (Å²) in [5.74, 6) is 0.280. The molecule has 0 unspecified atom stereocenters. The molecule has 2 aromatic rings. The second-order valence-corrected chi connectivity index (χ2v) is 7.67. The second kappa shape index (κ2) is 9.27. The van der Waals surface area contributed by atoms with Crippen molar-refractivity contribution >= 4 is 5.97 Å². The van der Waals surface area contributed by atoms with Crippen LogP contribution in [0.2, 0.25) is 0 Å². The van der Waals surface area contributed by atoms with Crippen LogP contribution >= 0.6 is 0 Å². The Morgan fingerprint density at radius 1 is 1.17 bits per heavy atom. The van der Waals surface area contributed by atoms with Gasteiger partial charge in [0.05, 0.1) is 19.3 Å². The largest absolute Gasteiger partial charge is 0.497 e. The summed E-state index contributed by atoms with van der Waals surface area (Å²) in [7, 11) is 1.52. The monoisotopic (exact) mass is 402 g/mol. The van der Waals surface area contributed by atoms with Crippen LogP contribution in [0.15, 0.2) is 42.5 Å². The van der Waals surface area contributed by atoms with Gasteiger partial charge in [-0.05, 0) is 73.9 Å². The number of aliphatic carboxylic acids is 1. The summed E-state index contributed by atoms with van der Waals surface area (Å²) in [4.78, 5) is 10.7. The molecule has 0 amide bonds. The minimum Gasteiger partial charge on any atom is -0.497 e. The number of ether oxygens (including phenoxy) is 2. The van der Waals surface area contributed by atoms with Gasteiger partial charge < -0.3 is 19.7 Å². The summed E-state index contributed by atoms with van der Waals surface area (Å²) in [6.07, 6.45) is 2.94. The molecule has 0 radical (unpaired) electrons. The Labute approximate surface area is 170 Å². The van der Waals surface area contributed by atoms with Gasteiger partial charge in [0.1, 0.15) is 17.3 Å². The fourth-order valence-electron chi connectivity index (χ4n) is 3.84. The quantitative estimate of drug-likeness (QED) is 0.688. The Bertz CT molecular complexity index is 843. The number of aryl methyl sites for hydroxylation is 1. The number of hydrogen-bond acceptors (Lipinski definition) is 4. The van der Waals surface area contributed by atoms with E-state index in [4.69, 9.17) is 14.6 Å². The maximum absolute atomic E-state index is 14.3. The Kier molecular flexibility index (Phi) is 6.75. The molecule has 0 aromatic heterocycles. The molecular formula is C23H27FO5. The molecule has 2 N–H and O–H groups in total. The maximum atomic E-state index is 14.3. The summed E-state index contributed by atoms with van der Waals surface area (Å²) in [5, 5.41) is 19.8. The number of carboxylic acid groups (broad SMARTS) is 1. The van der Waals surface area contributed by atoms with Crippen molar-refractivity contribution < 1.29 is 28.9 Å². The van der Waals surface area contributed by atoms with Crippen LogP contribution in [0.25, 0.3) is 0 Å². The van der Waals surface area contributed by atoms with Crippen molar-refractivity contribution in [2.45, 2.75) is 44.1 Å². The first-order valence-electron chi connectivity index (χ1n) is 9.89. The highest BCUT2D eigenvalue weighted by Crippen LogP contribution is 2.41. The lowest BCUT2D eigenvalue weighted by Crippen LogP contribution is -2.34. The van der Waals surface area contributed by atoms with Gasteiger partial charge >= 0.3 is 5.97 Å². The van der Waals surface area contributed by atoms with Gasteiger partial charge in [0.25, 0.3) is 0 Å². The topological polar surface area (TPSA) is 76.0 Å². The Hall–Kier alpha value is -2.60. The third-order valence-electron chi connectivity index (χ3n) is 5.62. The number of rotatable bonds is 8. The number of benzene rings is 2. The van der Waals surface area contributed by atoms with Crippen molar-refractivity contribution in [3.05, 3.63) is 59.4 Å². The van der Waals surface area contributed by atoms with Crippen LogP contribution in [-0.2, 0) is 16.8 Å². The summed E-state index contributed by atoms with van der Waals surface area (Å²) in [5.41, 5.74) is 0.0325. The van der Waals surface area contributed by atoms with E-state index in [1.54, 1.807) is 12.1 Å². The lowest BCUT2D eigenvalue weighted by Gasteiger charge is -2.36. The molecule has 1 saturated carbocycles. The SMILES string of the molecule is COc1ccc(F)c([C@]2(O)CC[C@@H](COc3cccc(CCC(=O)O)c3)CC2)c1. The molecule has 1 aliphatic rings. The van der Waals surface area contributed by atoms with Gasteiger partial charge in [0, 0.05) is 12.0 Å². The van der Waals surface area contributed by atoms with Crippen molar-refractivity contribution in [2.75, 3.05) is 13.7 Å². The highest BCUT2D eigenvalue weighted by atomic mass is 19.1. The average molecular weight is 402 g/mol. The van der Waals surface area contributed by atoms with Crippen LogP contribution < -0.4 is 9.47 Å². The van der Waals surface area contributed by atoms with Gasteiger partial charge in [-0.1, -0.05) is 12.1 Å². The van der Waals surface area contributed by atoms with E-state index in [0.29, 0.717) is 42.9 Å². The molecule has 2 aromatic carbocycles. The predicted molar refractivity (Wildman–Crippen MR) is 107 cm³/mol. The first-order valence-corrected chi connectivity index (χ1v) is 9.89. The molecule has 1 fully saturated rings. The third-order valence-corrected chi connectivity index (χ3v) is 5.62.